The highest BCUT2D eigenvalue weighted by molar-refractivity contribution is 9.10. The second-order valence-electron chi connectivity index (χ2n) is 4.97. The number of carbonyl (C=O) groups excluding carboxylic acids is 1. The van der Waals surface area contributed by atoms with E-state index < -0.39 is 5.54 Å². The van der Waals surface area contributed by atoms with Crippen LogP contribution in [-0.2, 0) is 10.3 Å². The van der Waals surface area contributed by atoms with E-state index in [0.29, 0.717) is 15.9 Å². The van der Waals surface area contributed by atoms with Crippen molar-refractivity contribution in [2.75, 3.05) is 0 Å². The van der Waals surface area contributed by atoms with Gasteiger partial charge in [-0.1, -0.05) is 19.9 Å². The third kappa shape index (κ3) is 3.41. The van der Waals surface area contributed by atoms with Gasteiger partial charge in [-0.3, -0.25) is 9.79 Å². The molecule has 0 bridgehead atoms. The number of aliphatic imine (C=N–C) groups is 1. The highest BCUT2D eigenvalue weighted by Crippen LogP contribution is 2.32. The lowest BCUT2D eigenvalue weighted by atomic mass is 9.83. The van der Waals surface area contributed by atoms with Crippen LogP contribution in [-0.4, -0.2) is 11.6 Å². The Labute approximate surface area is 121 Å². The minimum Gasteiger partial charge on any atom is -0.388 e. The van der Waals surface area contributed by atoms with E-state index in [4.69, 9.17) is 5.73 Å². The van der Waals surface area contributed by atoms with E-state index in [1.54, 1.807) is 39.8 Å². The Kier molecular flexibility index (Phi) is 4.85. The molecule has 0 aliphatic rings. The summed E-state index contributed by atoms with van der Waals surface area (Å²) in [4.78, 5) is 16.7. The molecule has 0 aromatic heterocycles. The molecule has 0 saturated carbocycles. The first kappa shape index (κ1) is 15.8. The second-order valence-corrected chi connectivity index (χ2v) is 5.83. The lowest BCUT2D eigenvalue weighted by Gasteiger charge is -2.27. The molecule has 0 saturated heterocycles. The van der Waals surface area contributed by atoms with Crippen LogP contribution >= 0.6 is 15.9 Å². The zero-order valence-electron chi connectivity index (χ0n) is 11.5. The summed E-state index contributed by atoms with van der Waals surface area (Å²) < 4.78 is 13.6. The van der Waals surface area contributed by atoms with Gasteiger partial charge in [-0.05, 0) is 47.5 Å². The number of hydrogen-bond donors (Lipinski definition) is 1. The Bertz CT molecular complexity index is 524. The maximum absolute atomic E-state index is 13.3. The number of nitrogens with zero attached hydrogens (tertiary/aromatic N) is 1. The molecular formula is C14H18BrFN2O. The largest absolute Gasteiger partial charge is 0.388 e. The number of carbonyl (C=O) groups is 1. The Morgan fingerprint density at radius 2 is 2.05 bits per heavy atom. The predicted molar refractivity (Wildman–Crippen MR) is 78.6 cm³/mol. The Morgan fingerprint density at radius 1 is 1.47 bits per heavy atom. The molecule has 104 valence electrons. The van der Waals surface area contributed by atoms with E-state index in [9.17, 15) is 9.18 Å². The van der Waals surface area contributed by atoms with Crippen LogP contribution in [0.1, 0.15) is 33.3 Å². The fourth-order valence-corrected chi connectivity index (χ4v) is 2.35. The van der Waals surface area contributed by atoms with Crippen molar-refractivity contribution >= 4 is 27.5 Å². The summed E-state index contributed by atoms with van der Waals surface area (Å²) in [6.07, 6.45) is 0. The van der Waals surface area contributed by atoms with Crippen LogP contribution in [0, 0.1) is 11.7 Å². The number of amidine groups is 1. The number of halogens is 2. The average molecular weight is 329 g/mol. The minimum absolute atomic E-state index is 0.0594. The quantitative estimate of drug-likeness (QED) is 0.680. The summed E-state index contributed by atoms with van der Waals surface area (Å²) in [5.74, 6) is -0.318. The Morgan fingerprint density at radius 3 is 2.47 bits per heavy atom. The van der Waals surface area contributed by atoms with Crippen molar-refractivity contribution in [1.29, 1.82) is 0 Å². The van der Waals surface area contributed by atoms with Gasteiger partial charge in [0.1, 0.15) is 11.4 Å². The molecule has 2 N–H and O–H groups in total. The molecule has 1 aromatic rings. The normalized spacial score (nSPS) is 15.4. The number of ketones is 1. The van der Waals surface area contributed by atoms with Crippen molar-refractivity contribution in [3.63, 3.8) is 0 Å². The van der Waals surface area contributed by atoms with Crippen LogP contribution in [0.2, 0.25) is 0 Å². The van der Waals surface area contributed by atoms with Crippen molar-refractivity contribution in [2.24, 2.45) is 16.6 Å². The summed E-state index contributed by atoms with van der Waals surface area (Å²) >= 11 is 3.12. The van der Waals surface area contributed by atoms with E-state index in [1.165, 1.54) is 6.07 Å². The smallest absolute Gasteiger partial charge is 0.167 e. The summed E-state index contributed by atoms with van der Waals surface area (Å²) in [5.41, 5.74) is 5.15. The minimum atomic E-state index is -1.09. The molecule has 0 fully saturated rings. The number of nitrogens with two attached hydrogens (primary N) is 1. The molecular weight excluding hydrogens is 311 g/mol. The molecule has 0 aliphatic heterocycles. The van der Waals surface area contributed by atoms with Gasteiger partial charge in [-0.2, -0.15) is 0 Å². The highest BCUT2D eigenvalue weighted by Gasteiger charge is 2.36. The Balaban J connectivity index is 3.43. The second kappa shape index (κ2) is 5.82. The van der Waals surface area contributed by atoms with Gasteiger partial charge in [0.25, 0.3) is 0 Å². The van der Waals surface area contributed by atoms with Crippen LogP contribution in [0.15, 0.2) is 27.7 Å². The highest BCUT2D eigenvalue weighted by atomic mass is 79.9. The van der Waals surface area contributed by atoms with Gasteiger partial charge in [0.2, 0.25) is 0 Å². The lowest BCUT2D eigenvalue weighted by Crippen LogP contribution is -2.36. The first-order valence-corrected chi connectivity index (χ1v) is 6.79. The summed E-state index contributed by atoms with van der Waals surface area (Å²) in [6, 6.07) is 4.45. The van der Waals surface area contributed by atoms with Gasteiger partial charge in [0.15, 0.2) is 5.78 Å². The third-order valence-corrected chi connectivity index (χ3v) is 3.49. The summed E-state index contributed by atoms with van der Waals surface area (Å²) in [7, 11) is 0. The lowest BCUT2D eigenvalue weighted by molar-refractivity contribution is -0.126. The van der Waals surface area contributed by atoms with Crippen molar-refractivity contribution in [1.82, 2.24) is 0 Å². The molecule has 19 heavy (non-hydrogen) atoms. The molecule has 1 unspecified atom stereocenters. The van der Waals surface area contributed by atoms with Crippen LogP contribution in [0.4, 0.5) is 4.39 Å². The monoisotopic (exact) mass is 328 g/mol. The van der Waals surface area contributed by atoms with Crippen LogP contribution < -0.4 is 5.73 Å². The first-order valence-electron chi connectivity index (χ1n) is 6.00. The SMILES string of the molecule is CC(N)=NC(C)(C(=O)C(C)C)c1ccc(F)c(Br)c1. The van der Waals surface area contributed by atoms with Gasteiger partial charge >= 0.3 is 0 Å². The fraction of sp³-hybridized carbons (Fsp3) is 0.429. The molecule has 0 amide bonds. The molecule has 1 atom stereocenters. The van der Waals surface area contributed by atoms with E-state index >= 15 is 0 Å². The van der Waals surface area contributed by atoms with Crippen molar-refractivity contribution < 1.29 is 9.18 Å². The molecule has 0 heterocycles. The maximum atomic E-state index is 13.3. The van der Waals surface area contributed by atoms with Gasteiger partial charge in [0.05, 0.1) is 10.3 Å². The van der Waals surface area contributed by atoms with E-state index in [-0.39, 0.29) is 17.5 Å². The Hall–Kier alpha value is -1.23. The number of hydrogen-bond acceptors (Lipinski definition) is 2. The van der Waals surface area contributed by atoms with Crippen LogP contribution in [0.25, 0.3) is 0 Å². The average Bonchev–Trinajstić information content (AvgIpc) is 2.30. The van der Waals surface area contributed by atoms with E-state index in [2.05, 4.69) is 20.9 Å². The van der Waals surface area contributed by atoms with E-state index in [1.807, 2.05) is 0 Å². The maximum Gasteiger partial charge on any atom is 0.167 e. The predicted octanol–water partition coefficient (Wildman–Crippen LogP) is 3.41. The molecule has 5 heteroatoms. The third-order valence-electron chi connectivity index (χ3n) is 2.89. The fourth-order valence-electron chi connectivity index (χ4n) is 1.98. The molecule has 3 nitrogen and oxygen atoms in total. The van der Waals surface area contributed by atoms with Crippen LogP contribution in [0.3, 0.4) is 0 Å². The van der Waals surface area contributed by atoms with Crippen molar-refractivity contribution in [3.8, 4) is 0 Å². The van der Waals surface area contributed by atoms with Crippen molar-refractivity contribution in [3.05, 3.63) is 34.1 Å². The summed E-state index contributed by atoms with van der Waals surface area (Å²) in [5, 5.41) is 0. The number of Topliss-reactive ketones (excluding diaryl/α,β-unsaturated/α-hetero) is 1. The van der Waals surface area contributed by atoms with Gasteiger partial charge in [-0.25, -0.2) is 4.39 Å². The summed E-state index contributed by atoms with van der Waals surface area (Å²) in [6.45, 7) is 6.94. The topological polar surface area (TPSA) is 55.4 Å². The molecule has 0 aliphatic carbocycles. The molecule has 0 radical (unpaired) electrons. The van der Waals surface area contributed by atoms with Gasteiger partial charge in [0, 0.05) is 5.92 Å². The number of rotatable bonds is 4. The zero-order valence-corrected chi connectivity index (χ0v) is 13.1. The first-order chi connectivity index (χ1) is 8.68. The molecule has 1 aromatic carbocycles. The number of benzene rings is 1. The zero-order chi connectivity index (χ0) is 14.8. The van der Waals surface area contributed by atoms with E-state index in [0.717, 1.165) is 0 Å². The molecule has 0 spiro atoms. The standard InChI is InChI=1S/C14H18BrFN2O/c1-8(2)13(19)14(4,18-9(3)17)10-5-6-12(16)11(15)7-10/h5-8H,1-4H3,(H2,17,18). The molecule has 1 rings (SSSR count). The van der Waals surface area contributed by atoms with Crippen LogP contribution in [0.5, 0.6) is 0 Å². The van der Waals surface area contributed by atoms with Gasteiger partial charge in [-0.15, -0.1) is 0 Å². The van der Waals surface area contributed by atoms with Crippen molar-refractivity contribution in [2.45, 2.75) is 33.2 Å². The van der Waals surface area contributed by atoms with Gasteiger partial charge < -0.3 is 5.73 Å².